The van der Waals surface area contributed by atoms with Gasteiger partial charge in [-0.2, -0.15) is 0 Å². The van der Waals surface area contributed by atoms with Crippen molar-refractivity contribution < 1.29 is 0 Å². The Labute approximate surface area is 157 Å². The fourth-order valence-corrected chi connectivity index (χ4v) is 4.17. The highest BCUT2D eigenvalue weighted by atomic mass is 32.1. The zero-order valence-electron chi connectivity index (χ0n) is 16.6. The van der Waals surface area contributed by atoms with Crippen molar-refractivity contribution in [2.45, 2.75) is 59.9 Å². The highest BCUT2D eigenvalue weighted by Crippen LogP contribution is 2.18. The van der Waals surface area contributed by atoms with Crippen molar-refractivity contribution in [3.63, 3.8) is 0 Å². The number of nitrogens with one attached hydrogen (secondary N) is 2. The van der Waals surface area contributed by atoms with Crippen LogP contribution in [0.1, 0.15) is 49.2 Å². The molecule has 5 nitrogen and oxygen atoms in total. The van der Waals surface area contributed by atoms with Crippen molar-refractivity contribution in [1.82, 2.24) is 20.5 Å². The third-order valence-electron chi connectivity index (χ3n) is 4.87. The molecule has 2 atom stereocenters. The molecule has 0 radical (unpaired) electrons. The Kier molecular flexibility index (Phi) is 8.16. The second-order valence-corrected chi connectivity index (χ2v) is 8.52. The maximum Gasteiger partial charge on any atom is 0.191 e. The number of rotatable bonds is 7. The molecule has 0 amide bonds. The second-order valence-electron chi connectivity index (χ2n) is 7.24. The summed E-state index contributed by atoms with van der Waals surface area (Å²) in [6.07, 6.45) is 3.63. The van der Waals surface area contributed by atoms with Crippen LogP contribution >= 0.6 is 11.3 Å². The number of aryl methyl sites for hydroxylation is 2. The van der Waals surface area contributed by atoms with Crippen LogP contribution in [0.4, 0.5) is 0 Å². The van der Waals surface area contributed by atoms with E-state index in [9.17, 15) is 0 Å². The highest BCUT2D eigenvalue weighted by Gasteiger charge is 2.20. The lowest BCUT2D eigenvalue weighted by Gasteiger charge is -2.35. The molecule has 1 aromatic rings. The Balaban J connectivity index is 1.80. The molecule has 0 aliphatic carbocycles. The van der Waals surface area contributed by atoms with Crippen LogP contribution in [0.5, 0.6) is 0 Å². The molecule has 0 aromatic carbocycles. The first-order chi connectivity index (χ1) is 12.0. The summed E-state index contributed by atoms with van der Waals surface area (Å²) in [4.78, 5) is 13.3. The number of aliphatic imine (C=N–C) groups is 1. The molecule has 2 N–H and O–H groups in total. The van der Waals surface area contributed by atoms with Crippen molar-refractivity contribution in [1.29, 1.82) is 0 Å². The van der Waals surface area contributed by atoms with Crippen LogP contribution < -0.4 is 10.6 Å². The summed E-state index contributed by atoms with van der Waals surface area (Å²) in [5.41, 5.74) is 1.16. The van der Waals surface area contributed by atoms with Gasteiger partial charge >= 0.3 is 0 Å². The summed E-state index contributed by atoms with van der Waals surface area (Å²) in [5, 5.41) is 8.01. The predicted octanol–water partition coefficient (Wildman–Crippen LogP) is 2.98. The average molecular weight is 366 g/mol. The Bertz CT molecular complexity index is 535. The average Bonchev–Trinajstić information content (AvgIpc) is 2.90. The van der Waals surface area contributed by atoms with Crippen LogP contribution in [-0.2, 0) is 6.42 Å². The molecular weight excluding hydrogens is 330 g/mol. The van der Waals surface area contributed by atoms with Crippen LogP contribution in [0.3, 0.4) is 0 Å². The van der Waals surface area contributed by atoms with Gasteiger partial charge in [0.05, 0.1) is 17.2 Å². The number of guanidine groups is 1. The number of aromatic nitrogens is 1. The molecule has 0 spiro atoms. The van der Waals surface area contributed by atoms with Gasteiger partial charge < -0.3 is 10.6 Å². The van der Waals surface area contributed by atoms with Crippen molar-refractivity contribution in [2.75, 3.05) is 32.7 Å². The number of nitrogens with zero attached hydrogens (tertiary/aromatic N) is 3. The second kappa shape index (κ2) is 10.1. The molecule has 2 heterocycles. The molecule has 6 heteroatoms. The SMILES string of the molecule is CCNC(=NCC(C)N1CCCC(C)C1)NCCc1nc(C)c(C)s1. The lowest BCUT2D eigenvalue weighted by molar-refractivity contribution is 0.142. The maximum atomic E-state index is 4.80. The van der Waals surface area contributed by atoms with Gasteiger partial charge in [0.2, 0.25) is 0 Å². The zero-order chi connectivity index (χ0) is 18.2. The first-order valence-corrected chi connectivity index (χ1v) is 10.5. The summed E-state index contributed by atoms with van der Waals surface area (Å²) in [6, 6.07) is 0.502. The van der Waals surface area contributed by atoms with E-state index in [1.54, 1.807) is 11.3 Å². The van der Waals surface area contributed by atoms with Gasteiger partial charge in [0.15, 0.2) is 5.96 Å². The Morgan fingerprint density at radius 1 is 1.40 bits per heavy atom. The van der Waals surface area contributed by atoms with Gasteiger partial charge in [-0.15, -0.1) is 11.3 Å². The fraction of sp³-hybridized carbons (Fsp3) is 0.789. The number of piperidine rings is 1. The Hall–Kier alpha value is -1.14. The van der Waals surface area contributed by atoms with Crippen LogP contribution in [0.15, 0.2) is 4.99 Å². The molecule has 25 heavy (non-hydrogen) atoms. The molecule has 1 aromatic heterocycles. The van der Waals surface area contributed by atoms with Gasteiger partial charge in [0.1, 0.15) is 0 Å². The molecule has 1 aliphatic rings. The quantitative estimate of drug-likeness (QED) is 0.576. The van der Waals surface area contributed by atoms with E-state index in [1.807, 2.05) is 0 Å². The van der Waals surface area contributed by atoms with Crippen LogP contribution in [-0.4, -0.2) is 54.6 Å². The van der Waals surface area contributed by atoms with Crippen LogP contribution in [0.2, 0.25) is 0 Å². The van der Waals surface area contributed by atoms with E-state index >= 15 is 0 Å². The number of hydrogen-bond acceptors (Lipinski definition) is 4. The van der Waals surface area contributed by atoms with Crippen LogP contribution in [0.25, 0.3) is 0 Å². The topological polar surface area (TPSA) is 52.6 Å². The molecule has 1 aliphatic heterocycles. The van der Waals surface area contributed by atoms with E-state index in [-0.39, 0.29) is 0 Å². The van der Waals surface area contributed by atoms with Gasteiger partial charge in [-0.3, -0.25) is 9.89 Å². The largest absolute Gasteiger partial charge is 0.357 e. The maximum absolute atomic E-state index is 4.80. The van der Waals surface area contributed by atoms with Crippen molar-refractivity contribution in [2.24, 2.45) is 10.9 Å². The monoisotopic (exact) mass is 365 g/mol. The molecule has 142 valence electrons. The summed E-state index contributed by atoms with van der Waals surface area (Å²) < 4.78 is 0. The van der Waals surface area contributed by atoms with E-state index < -0.39 is 0 Å². The normalized spacial score (nSPS) is 20.5. The molecule has 0 bridgehead atoms. The number of likely N-dealkylation sites (tertiary alicyclic amines) is 1. The Morgan fingerprint density at radius 2 is 2.20 bits per heavy atom. The summed E-state index contributed by atoms with van der Waals surface area (Å²) in [5.74, 6) is 1.74. The van der Waals surface area contributed by atoms with Gasteiger partial charge in [-0.1, -0.05) is 6.92 Å². The van der Waals surface area contributed by atoms with E-state index in [1.165, 1.54) is 35.8 Å². The lowest BCUT2D eigenvalue weighted by Crippen LogP contribution is -2.43. The minimum atomic E-state index is 0.502. The van der Waals surface area contributed by atoms with E-state index in [0.29, 0.717) is 6.04 Å². The van der Waals surface area contributed by atoms with E-state index in [2.05, 4.69) is 55.1 Å². The first kappa shape index (κ1) is 20.2. The van der Waals surface area contributed by atoms with Crippen molar-refractivity contribution in [3.8, 4) is 0 Å². The van der Waals surface area contributed by atoms with Gasteiger partial charge in [0.25, 0.3) is 0 Å². The van der Waals surface area contributed by atoms with Gasteiger partial charge in [-0.25, -0.2) is 4.98 Å². The highest BCUT2D eigenvalue weighted by molar-refractivity contribution is 7.11. The molecule has 2 rings (SSSR count). The third-order valence-corrected chi connectivity index (χ3v) is 6.01. The smallest absolute Gasteiger partial charge is 0.191 e. The number of hydrogen-bond donors (Lipinski definition) is 2. The Morgan fingerprint density at radius 3 is 2.84 bits per heavy atom. The van der Waals surface area contributed by atoms with Crippen LogP contribution in [0, 0.1) is 19.8 Å². The van der Waals surface area contributed by atoms with Gasteiger partial charge in [-0.05, 0) is 53.0 Å². The minimum Gasteiger partial charge on any atom is -0.357 e. The summed E-state index contributed by atoms with van der Waals surface area (Å²) in [7, 11) is 0. The van der Waals surface area contributed by atoms with E-state index in [4.69, 9.17) is 4.99 Å². The van der Waals surface area contributed by atoms with Crippen molar-refractivity contribution >= 4 is 17.3 Å². The number of thiazole rings is 1. The molecule has 1 fully saturated rings. The van der Waals surface area contributed by atoms with E-state index in [0.717, 1.165) is 43.6 Å². The lowest BCUT2D eigenvalue weighted by atomic mass is 9.99. The minimum absolute atomic E-state index is 0.502. The molecular formula is C19H35N5S. The molecule has 2 unspecified atom stereocenters. The summed E-state index contributed by atoms with van der Waals surface area (Å²) in [6.45, 7) is 16.0. The van der Waals surface area contributed by atoms with Gasteiger partial charge in [0, 0.05) is 37.0 Å². The first-order valence-electron chi connectivity index (χ1n) is 9.68. The zero-order valence-corrected chi connectivity index (χ0v) is 17.4. The standard InChI is InChI=1S/C19H35N5S/c1-6-20-19(21-10-9-18-23-16(4)17(5)25-18)22-12-15(3)24-11-7-8-14(2)13-24/h14-15H,6-13H2,1-5H3,(H2,20,21,22). The molecule has 0 saturated carbocycles. The molecule has 1 saturated heterocycles. The summed E-state index contributed by atoms with van der Waals surface area (Å²) >= 11 is 1.80. The van der Waals surface area contributed by atoms with Crippen molar-refractivity contribution in [3.05, 3.63) is 15.6 Å². The third kappa shape index (κ3) is 6.59. The predicted molar refractivity (Wildman–Crippen MR) is 109 cm³/mol. The fourth-order valence-electron chi connectivity index (χ4n) is 3.24.